The fraction of sp³-hybridized carbons (Fsp3) is 0.435. The molecule has 3 rings (SSSR count). The van der Waals surface area contributed by atoms with Crippen molar-refractivity contribution in [1.82, 2.24) is 9.62 Å². The zero-order valence-electron chi connectivity index (χ0n) is 17.8. The minimum absolute atomic E-state index is 0.128. The Labute approximate surface area is 179 Å². The van der Waals surface area contributed by atoms with E-state index >= 15 is 0 Å². The quantitative estimate of drug-likeness (QED) is 0.731. The van der Waals surface area contributed by atoms with Gasteiger partial charge in [-0.2, -0.15) is 4.31 Å². The Bertz CT molecular complexity index is 965. The molecule has 30 heavy (non-hydrogen) atoms. The third-order valence-electron chi connectivity index (χ3n) is 5.18. The predicted octanol–water partition coefficient (Wildman–Crippen LogP) is 3.40. The van der Waals surface area contributed by atoms with Crippen LogP contribution in [0.25, 0.3) is 0 Å². The highest BCUT2D eigenvalue weighted by atomic mass is 32.2. The molecule has 1 amide bonds. The average Bonchev–Trinajstić information content (AvgIpc) is 2.74. The Morgan fingerprint density at radius 3 is 2.37 bits per heavy atom. The van der Waals surface area contributed by atoms with Crippen LogP contribution in [-0.2, 0) is 21.2 Å². The largest absolute Gasteiger partial charge is 0.379 e. The lowest BCUT2D eigenvalue weighted by Gasteiger charge is -2.26. The van der Waals surface area contributed by atoms with Crippen LogP contribution in [0.1, 0.15) is 48.3 Å². The number of benzene rings is 2. The summed E-state index contributed by atoms with van der Waals surface area (Å²) in [4.78, 5) is 12.9. The van der Waals surface area contributed by atoms with Crippen molar-refractivity contribution < 1.29 is 17.9 Å². The summed E-state index contributed by atoms with van der Waals surface area (Å²) >= 11 is 0. The molecular weight excluding hydrogens is 400 g/mol. The molecule has 1 aliphatic rings. The van der Waals surface area contributed by atoms with Gasteiger partial charge in [0.25, 0.3) is 5.91 Å². The van der Waals surface area contributed by atoms with Gasteiger partial charge < -0.3 is 10.1 Å². The number of carbonyl (C=O) groups is 1. The van der Waals surface area contributed by atoms with Gasteiger partial charge in [-0.25, -0.2) is 8.42 Å². The number of rotatable bonds is 7. The van der Waals surface area contributed by atoms with E-state index in [1.165, 1.54) is 22.0 Å². The van der Waals surface area contributed by atoms with Crippen molar-refractivity contribution in [2.24, 2.45) is 5.92 Å². The Morgan fingerprint density at radius 1 is 1.07 bits per heavy atom. The van der Waals surface area contributed by atoms with E-state index in [1.807, 2.05) is 19.1 Å². The third-order valence-corrected chi connectivity index (χ3v) is 7.07. The maximum absolute atomic E-state index is 12.9. The Hall–Kier alpha value is -2.22. The molecule has 2 aromatic rings. The number of hydrogen-bond donors (Lipinski definition) is 1. The fourth-order valence-corrected chi connectivity index (χ4v) is 4.97. The van der Waals surface area contributed by atoms with E-state index in [0.717, 1.165) is 12.0 Å². The molecule has 0 bridgehead atoms. The third kappa shape index (κ3) is 5.47. The number of carbonyl (C=O) groups excluding carboxylic acids is 1. The van der Waals surface area contributed by atoms with Crippen molar-refractivity contribution in [3.8, 4) is 0 Å². The van der Waals surface area contributed by atoms with E-state index < -0.39 is 10.0 Å². The van der Waals surface area contributed by atoms with Crippen LogP contribution >= 0.6 is 0 Å². The number of nitrogens with zero attached hydrogens (tertiary/aromatic N) is 1. The zero-order valence-corrected chi connectivity index (χ0v) is 18.6. The Morgan fingerprint density at radius 2 is 1.73 bits per heavy atom. The zero-order chi connectivity index (χ0) is 21.7. The monoisotopic (exact) mass is 430 g/mol. The van der Waals surface area contributed by atoms with Gasteiger partial charge in [0.1, 0.15) is 0 Å². The molecule has 1 heterocycles. The lowest BCUT2D eigenvalue weighted by molar-refractivity contribution is 0.0730. The molecule has 1 fully saturated rings. The smallest absolute Gasteiger partial charge is 0.251 e. The van der Waals surface area contributed by atoms with E-state index in [0.29, 0.717) is 37.8 Å². The van der Waals surface area contributed by atoms with Crippen molar-refractivity contribution in [1.29, 1.82) is 0 Å². The first kappa shape index (κ1) is 22.5. The number of sulfonamides is 1. The summed E-state index contributed by atoms with van der Waals surface area (Å²) in [5, 5.41) is 2.96. The lowest BCUT2D eigenvalue weighted by atomic mass is 10.00. The number of nitrogens with one attached hydrogen (secondary N) is 1. The van der Waals surface area contributed by atoms with E-state index in [9.17, 15) is 13.2 Å². The second-order valence-electron chi connectivity index (χ2n) is 8.08. The molecule has 1 aliphatic heterocycles. The normalized spacial score (nSPS) is 16.4. The molecule has 2 aromatic carbocycles. The molecule has 1 N–H and O–H groups in total. The fourth-order valence-electron chi connectivity index (χ4n) is 3.51. The molecule has 7 heteroatoms. The van der Waals surface area contributed by atoms with Crippen LogP contribution in [0, 0.1) is 5.92 Å². The number of ether oxygens (including phenoxy) is 1. The highest BCUT2D eigenvalue weighted by Crippen LogP contribution is 2.20. The molecule has 6 nitrogen and oxygen atoms in total. The van der Waals surface area contributed by atoms with Gasteiger partial charge in [0, 0.05) is 18.7 Å². The summed E-state index contributed by atoms with van der Waals surface area (Å²) in [6.07, 6.45) is 1.02. The number of morpholine rings is 1. The summed E-state index contributed by atoms with van der Waals surface area (Å²) in [6, 6.07) is 14.3. The molecule has 1 saturated heterocycles. The van der Waals surface area contributed by atoms with E-state index in [-0.39, 0.29) is 16.8 Å². The first-order chi connectivity index (χ1) is 14.3. The van der Waals surface area contributed by atoms with Gasteiger partial charge in [-0.15, -0.1) is 0 Å². The molecule has 162 valence electrons. The highest BCUT2D eigenvalue weighted by molar-refractivity contribution is 7.89. The van der Waals surface area contributed by atoms with Crippen LogP contribution in [0.4, 0.5) is 0 Å². The van der Waals surface area contributed by atoms with Crippen LogP contribution in [0.2, 0.25) is 0 Å². The van der Waals surface area contributed by atoms with E-state index in [4.69, 9.17) is 4.74 Å². The summed E-state index contributed by atoms with van der Waals surface area (Å²) in [7, 11) is -3.64. The van der Waals surface area contributed by atoms with Crippen molar-refractivity contribution in [3.05, 3.63) is 65.2 Å². The molecule has 0 radical (unpaired) electrons. The molecular formula is C23H30N2O4S. The summed E-state index contributed by atoms with van der Waals surface area (Å²) < 4.78 is 32.3. The molecule has 1 atom stereocenters. The first-order valence-corrected chi connectivity index (χ1v) is 11.8. The van der Waals surface area contributed by atoms with Crippen LogP contribution in [0.3, 0.4) is 0 Å². The van der Waals surface area contributed by atoms with Crippen molar-refractivity contribution in [2.75, 3.05) is 26.3 Å². The van der Waals surface area contributed by atoms with E-state index in [1.54, 1.807) is 12.1 Å². The first-order valence-electron chi connectivity index (χ1n) is 10.3. The summed E-state index contributed by atoms with van der Waals surface area (Å²) in [5.41, 5.74) is 2.61. The summed E-state index contributed by atoms with van der Waals surface area (Å²) in [5.74, 6) is 0.293. The minimum atomic E-state index is -3.64. The van der Waals surface area contributed by atoms with Gasteiger partial charge in [-0.1, -0.05) is 44.2 Å². The predicted molar refractivity (Wildman–Crippen MR) is 117 cm³/mol. The number of amides is 1. The van der Waals surface area contributed by atoms with Crippen molar-refractivity contribution in [3.63, 3.8) is 0 Å². The van der Waals surface area contributed by atoms with Crippen LogP contribution < -0.4 is 5.32 Å². The molecule has 0 aliphatic carbocycles. The minimum Gasteiger partial charge on any atom is -0.379 e. The molecule has 0 saturated carbocycles. The van der Waals surface area contributed by atoms with E-state index in [2.05, 4.69) is 31.3 Å². The van der Waals surface area contributed by atoms with Gasteiger partial charge >= 0.3 is 0 Å². The van der Waals surface area contributed by atoms with Crippen LogP contribution in [0.5, 0.6) is 0 Å². The Kier molecular flexibility index (Phi) is 7.28. The topological polar surface area (TPSA) is 75.7 Å². The van der Waals surface area contributed by atoms with Gasteiger partial charge in [-0.3, -0.25) is 4.79 Å². The SMILES string of the molecule is CC(C)Cc1ccc([C@@H](C)NC(=O)c2cccc(S(=O)(=O)N3CCOCC3)c2)cc1. The van der Waals surface area contributed by atoms with Crippen LogP contribution in [0.15, 0.2) is 53.4 Å². The van der Waals surface area contributed by atoms with Crippen LogP contribution in [-0.4, -0.2) is 44.9 Å². The molecule has 0 unspecified atom stereocenters. The summed E-state index contributed by atoms with van der Waals surface area (Å²) in [6.45, 7) is 7.70. The van der Waals surface area contributed by atoms with Gasteiger partial charge in [0.05, 0.1) is 24.2 Å². The van der Waals surface area contributed by atoms with Gasteiger partial charge in [0.15, 0.2) is 0 Å². The van der Waals surface area contributed by atoms with Crippen molar-refractivity contribution >= 4 is 15.9 Å². The average molecular weight is 431 g/mol. The molecule has 0 spiro atoms. The molecule has 0 aromatic heterocycles. The maximum Gasteiger partial charge on any atom is 0.251 e. The standard InChI is InChI=1S/C23H30N2O4S/c1-17(2)15-19-7-9-20(10-8-19)18(3)24-23(26)21-5-4-6-22(16-21)30(27,28)25-11-13-29-14-12-25/h4-10,16-18H,11-15H2,1-3H3,(H,24,26)/t18-/m1/s1. The second kappa shape index (κ2) is 9.73. The lowest BCUT2D eigenvalue weighted by Crippen LogP contribution is -2.40. The van der Waals surface area contributed by atoms with Crippen molar-refractivity contribution in [2.45, 2.75) is 38.1 Å². The van der Waals surface area contributed by atoms with Gasteiger partial charge in [0.2, 0.25) is 10.0 Å². The second-order valence-corrected chi connectivity index (χ2v) is 10.0. The highest BCUT2D eigenvalue weighted by Gasteiger charge is 2.27. The Balaban J connectivity index is 1.70. The maximum atomic E-state index is 12.9. The van der Waals surface area contributed by atoms with Gasteiger partial charge in [-0.05, 0) is 48.6 Å². The number of hydrogen-bond acceptors (Lipinski definition) is 4.